The second kappa shape index (κ2) is 18.9. The van der Waals surface area contributed by atoms with Gasteiger partial charge in [-0.2, -0.15) is 13.3 Å². The Kier molecular flexibility index (Phi) is 28.8. The summed E-state index contributed by atoms with van der Waals surface area (Å²) in [6.45, 7) is 4.42. The molecule has 0 aliphatic rings. The summed E-state index contributed by atoms with van der Waals surface area (Å²) in [4.78, 5) is 0. The Balaban J connectivity index is -0.000000500. The first-order valence-electron chi connectivity index (χ1n) is 5.19. The molecule has 0 unspecified atom stereocenters. The van der Waals surface area contributed by atoms with Gasteiger partial charge in [0.25, 0.3) is 0 Å². The molecule has 0 radical (unpaired) electrons. The monoisotopic (exact) mass is 258 g/mol. The minimum atomic E-state index is 0. The molecule has 0 saturated heterocycles. The van der Waals surface area contributed by atoms with E-state index in [2.05, 4.69) is 20.3 Å². The molecule has 0 spiro atoms. The summed E-state index contributed by atoms with van der Waals surface area (Å²) in [5.74, 6) is 0. The Bertz CT molecular complexity index is 59.1. The molecule has 0 nitrogen and oxygen atoms in total. The molecule has 0 bridgehead atoms. The van der Waals surface area contributed by atoms with Crippen molar-refractivity contribution in [3.63, 3.8) is 0 Å². The van der Waals surface area contributed by atoms with Crippen molar-refractivity contribution in [3.05, 3.63) is 6.42 Å². The van der Waals surface area contributed by atoms with E-state index in [1.165, 1.54) is 51.4 Å². The van der Waals surface area contributed by atoms with E-state index in [-0.39, 0.29) is 40.0 Å². The zero-order valence-corrected chi connectivity index (χ0v) is 12.3. The second-order valence-electron chi connectivity index (χ2n) is 3.32. The molecule has 0 aliphatic carbocycles. The van der Waals surface area contributed by atoms with Crippen molar-refractivity contribution in [1.29, 1.82) is 0 Å². The number of unbranched alkanes of at least 4 members (excludes halogenated alkanes) is 8. The largest absolute Gasteiger partial charge is 2.00 e. The van der Waals surface area contributed by atoms with Crippen molar-refractivity contribution < 1.29 is 17.0 Å². The maximum atomic E-state index is 2.27. The summed E-state index contributed by atoms with van der Waals surface area (Å²) in [5.41, 5.74) is 0. The minimum Gasteiger partial charge on any atom is -1.00 e. The van der Waals surface area contributed by atoms with Gasteiger partial charge >= 0.3 is 23.1 Å². The van der Waals surface area contributed by atoms with Crippen molar-refractivity contribution in [3.8, 4) is 0 Å². The zero-order chi connectivity index (χ0) is 8.36. The van der Waals surface area contributed by atoms with Crippen LogP contribution in [0.4, 0.5) is 0 Å². The number of rotatable bonds is 8. The standard InChI is InChI=1S/C11H23.BrH.Mg/c1-3-5-7-9-11-10-8-6-4-2;;/h3H,4-11H2,1-2H3;1H;/q-1;;+2/p-1. The molecule has 0 aliphatic heterocycles. The van der Waals surface area contributed by atoms with Crippen molar-refractivity contribution in [2.75, 3.05) is 0 Å². The van der Waals surface area contributed by atoms with E-state index >= 15 is 0 Å². The van der Waals surface area contributed by atoms with Gasteiger partial charge in [0.15, 0.2) is 0 Å². The van der Waals surface area contributed by atoms with Gasteiger partial charge in [-0.15, -0.1) is 0 Å². The second-order valence-corrected chi connectivity index (χ2v) is 3.32. The predicted octanol–water partition coefficient (Wildman–Crippen LogP) is 0.974. The van der Waals surface area contributed by atoms with Gasteiger partial charge in [-0.05, 0) is 0 Å². The van der Waals surface area contributed by atoms with Crippen LogP contribution in [0.25, 0.3) is 0 Å². The molecule has 0 aromatic carbocycles. The van der Waals surface area contributed by atoms with E-state index in [4.69, 9.17) is 0 Å². The van der Waals surface area contributed by atoms with Gasteiger partial charge in [0.1, 0.15) is 0 Å². The Morgan fingerprint density at radius 1 is 0.846 bits per heavy atom. The zero-order valence-electron chi connectivity index (χ0n) is 9.32. The third-order valence-corrected chi connectivity index (χ3v) is 2.10. The van der Waals surface area contributed by atoms with E-state index in [0.29, 0.717) is 0 Å². The first-order chi connectivity index (χ1) is 5.41. The molecule has 0 N–H and O–H groups in total. The topological polar surface area (TPSA) is 0 Å². The minimum absolute atomic E-state index is 0. The summed E-state index contributed by atoms with van der Waals surface area (Å²) in [5, 5.41) is 0. The van der Waals surface area contributed by atoms with Crippen molar-refractivity contribution >= 4 is 23.1 Å². The molecule has 0 atom stereocenters. The predicted molar refractivity (Wildman–Crippen MR) is 58.3 cm³/mol. The third kappa shape index (κ3) is 19.6. The summed E-state index contributed by atoms with van der Waals surface area (Å²) in [7, 11) is 0. The first kappa shape index (κ1) is 19.8. The quantitative estimate of drug-likeness (QED) is 0.346. The number of halogens is 1. The Morgan fingerprint density at radius 3 is 1.77 bits per heavy atom. The van der Waals surface area contributed by atoms with Gasteiger partial charge in [-0.25, -0.2) is 0 Å². The molecule has 76 valence electrons. The van der Waals surface area contributed by atoms with E-state index in [0.717, 1.165) is 0 Å². The average molecular weight is 260 g/mol. The fourth-order valence-electron chi connectivity index (χ4n) is 1.31. The van der Waals surface area contributed by atoms with Crippen LogP contribution in [0, 0.1) is 6.42 Å². The van der Waals surface area contributed by atoms with Gasteiger partial charge in [0, 0.05) is 0 Å². The van der Waals surface area contributed by atoms with Crippen LogP contribution >= 0.6 is 0 Å². The van der Waals surface area contributed by atoms with E-state index in [1.54, 1.807) is 0 Å². The fourth-order valence-corrected chi connectivity index (χ4v) is 1.31. The summed E-state index contributed by atoms with van der Waals surface area (Å²) >= 11 is 0. The normalized spacial score (nSPS) is 8.77. The maximum absolute atomic E-state index is 2.27. The van der Waals surface area contributed by atoms with Crippen LogP contribution in [-0.2, 0) is 0 Å². The smallest absolute Gasteiger partial charge is 1.00 e. The van der Waals surface area contributed by atoms with Gasteiger partial charge in [0.05, 0.1) is 0 Å². The van der Waals surface area contributed by atoms with E-state index in [9.17, 15) is 0 Å². The van der Waals surface area contributed by atoms with Gasteiger partial charge < -0.3 is 23.4 Å². The van der Waals surface area contributed by atoms with Crippen LogP contribution < -0.4 is 17.0 Å². The number of hydrogen-bond donors (Lipinski definition) is 0. The average Bonchev–Trinajstić information content (AvgIpc) is 2.03. The van der Waals surface area contributed by atoms with E-state index in [1.807, 2.05) is 0 Å². The summed E-state index contributed by atoms with van der Waals surface area (Å²) in [6.07, 6.45) is 13.6. The molecule has 0 aromatic heterocycles. The van der Waals surface area contributed by atoms with Crippen LogP contribution in [-0.4, -0.2) is 23.1 Å². The number of hydrogen-bond acceptors (Lipinski definition) is 0. The third-order valence-electron chi connectivity index (χ3n) is 2.10. The van der Waals surface area contributed by atoms with Gasteiger partial charge in [-0.1, -0.05) is 51.9 Å². The van der Waals surface area contributed by atoms with Crippen molar-refractivity contribution in [2.45, 2.75) is 65.2 Å². The van der Waals surface area contributed by atoms with E-state index < -0.39 is 0 Å². The Hall–Kier alpha value is 1.25. The Labute approximate surface area is 111 Å². The molecular weight excluding hydrogens is 236 g/mol. The van der Waals surface area contributed by atoms with Crippen LogP contribution in [0.5, 0.6) is 0 Å². The van der Waals surface area contributed by atoms with Crippen LogP contribution in [0.2, 0.25) is 0 Å². The van der Waals surface area contributed by atoms with Crippen LogP contribution in [0.1, 0.15) is 65.2 Å². The molecule has 2 heteroatoms. The first-order valence-corrected chi connectivity index (χ1v) is 5.19. The molecule has 0 fully saturated rings. The van der Waals surface area contributed by atoms with Crippen molar-refractivity contribution in [2.24, 2.45) is 0 Å². The maximum Gasteiger partial charge on any atom is 2.00 e. The van der Waals surface area contributed by atoms with Crippen LogP contribution in [0.15, 0.2) is 0 Å². The summed E-state index contributed by atoms with van der Waals surface area (Å²) < 4.78 is 0. The molecule has 0 rings (SSSR count). The van der Waals surface area contributed by atoms with Gasteiger partial charge in [-0.3, -0.25) is 0 Å². The molecule has 0 amide bonds. The molecule has 0 saturated carbocycles. The van der Waals surface area contributed by atoms with Gasteiger partial charge in [0.2, 0.25) is 0 Å². The SMILES string of the molecule is C[CH-]CCCCCCCCC.[Br-].[Mg+2]. The Morgan fingerprint density at radius 2 is 1.31 bits per heavy atom. The molecular formula is C11H23BrMg. The fraction of sp³-hybridized carbons (Fsp3) is 0.909. The van der Waals surface area contributed by atoms with Crippen LogP contribution in [0.3, 0.4) is 0 Å². The molecule has 0 heterocycles. The molecule has 0 aromatic rings. The molecule has 13 heavy (non-hydrogen) atoms. The van der Waals surface area contributed by atoms with Crippen molar-refractivity contribution in [1.82, 2.24) is 0 Å². The summed E-state index contributed by atoms with van der Waals surface area (Å²) in [6, 6.07) is 0.